The van der Waals surface area contributed by atoms with Gasteiger partial charge in [0, 0.05) is 30.3 Å². The summed E-state index contributed by atoms with van der Waals surface area (Å²) in [4.78, 5) is 0. The summed E-state index contributed by atoms with van der Waals surface area (Å²) in [6, 6.07) is 0. The second-order valence-electron chi connectivity index (χ2n) is 6.74. The van der Waals surface area contributed by atoms with Crippen molar-refractivity contribution in [3.05, 3.63) is 18.0 Å². The highest BCUT2D eigenvalue weighted by Crippen LogP contribution is 2.47. The number of nitrogens with two attached hydrogens (primary N) is 1. The van der Waals surface area contributed by atoms with Crippen molar-refractivity contribution in [3.8, 4) is 0 Å². The van der Waals surface area contributed by atoms with Crippen LogP contribution in [0.2, 0.25) is 0 Å². The van der Waals surface area contributed by atoms with Gasteiger partial charge in [-0.1, -0.05) is 26.7 Å². The molecule has 1 aliphatic rings. The maximum Gasteiger partial charge on any atom is 0.0888 e. The zero-order chi connectivity index (χ0) is 15.3. The molecule has 1 fully saturated rings. The van der Waals surface area contributed by atoms with E-state index >= 15 is 0 Å². The van der Waals surface area contributed by atoms with Gasteiger partial charge in [-0.3, -0.25) is 4.68 Å². The van der Waals surface area contributed by atoms with Gasteiger partial charge in [0.25, 0.3) is 0 Å². The van der Waals surface area contributed by atoms with Crippen LogP contribution in [0.1, 0.15) is 70.5 Å². The van der Waals surface area contributed by atoms with E-state index in [-0.39, 0.29) is 5.41 Å². The highest BCUT2D eigenvalue weighted by atomic mass is 16.3. The number of aromatic nitrogens is 2. The van der Waals surface area contributed by atoms with Crippen molar-refractivity contribution >= 4 is 0 Å². The molecule has 0 aliphatic heterocycles. The van der Waals surface area contributed by atoms with E-state index in [1.54, 1.807) is 0 Å². The highest BCUT2D eigenvalue weighted by Gasteiger charge is 2.41. The minimum Gasteiger partial charge on any atom is -0.388 e. The van der Waals surface area contributed by atoms with Gasteiger partial charge in [0.15, 0.2) is 0 Å². The van der Waals surface area contributed by atoms with Gasteiger partial charge in [0.1, 0.15) is 0 Å². The molecule has 2 rings (SSSR count). The fraction of sp³-hybridized carbons (Fsp3) is 0.824. The maximum atomic E-state index is 10.9. The van der Waals surface area contributed by atoms with Crippen LogP contribution in [0.25, 0.3) is 0 Å². The summed E-state index contributed by atoms with van der Waals surface area (Å²) >= 11 is 0. The third-order valence-corrected chi connectivity index (χ3v) is 5.21. The molecule has 1 heterocycles. The Morgan fingerprint density at radius 3 is 2.67 bits per heavy atom. The lowest BCUT2D eigenvalue weighted by atomic mass is 9.65. The van der Waals surface area contributed by atoms with Crippen molar-refractivity contribution < 1.29 is 5.11 Å². The molecule has 4 nitrogen and oxygen atoms in total. The van der Waals surface area contributed by atoms with Crippen LogP contribution in [-0.4, -0.2) is 21.4 Å². The van der Waals surface area contributed by atoms with Crippen LogP contribution in [0.3, 0.4) is 0 Å². The molecule has 1 aromatic heterocycles. The van der Waals surface area contributed by atoms with E-state index in [0.29, 0.717) is 6.54 Å². The maximum absolute atomic E-state index is 10.9. The van der Waals surface area contributed by atoms with Gasteiger partial charge in [0.2, 0.25) is 0 Å². The van der Waals surface area contributed by atoms with E-state index in [1.165, 1.54) is 25.7 Å². The average molecular weight is 293 g/mol. The third kappa shape index (κ3) is 3.67. The zero-order valence-corrected chi connectivity index (χ0v) is 13.6. The summed E-state index contributed by atoms with van der Waals surface area (Å²) in [5.41, 5.74) is 6.86. The van der Waals surface area contributed by atoms with E-state index in [0.717, 1.165) is 37.3 Å². The molecular weight excluding hydrogens is 262 g/mol. The molecule has 3 N–H and O–H groups in total. The van der Waals surface area contributed by atoms with Crippen LogP contribution in [-0.2, 0) is 6.54 Å². The van der Waals surface area contributed by atoms with Gasteiger partial charge in [-0.05, 0) is 38.0 Å². The molecule has 1 aliphatic carbocycles. The van der Waals surface area contributed by atoms with Crippen molar-refractivity contribution in [2.75, 3.05) is 6.54 Å². The van der Waals surface area contributed by atoms with Crippen LogP contribution in [0.5, 0.6) is 0 Å². The summed E-state index contributed by atoms with van der Waals surface area (Å²) in [6.07, 6.45) is 11.4. The largest absolute Gasteiger partial charge is 0.388 e. The van der Waals surface area contributed by atoms with Crippen molar-refractivity contribution in [3.63, 3.8) is 0 Å². The number of rotatable bonds is 7. The van der Waals surface area contributed by atoms with E-state index < -0.39 is 6.10 Å². The number of aliphatic hydroxyl groups excluding tert-OH is 1. The van der Waals surface area contributed by atoms with Gasteiger partial charge < -0.3 is 10.8 Å². The first-order valence-corrected chi connectivity index (χ1v) is 8.55. The number of aliphatic hydroxyl groups is 1. The molecule has 0 bridgehead atoms. The number of aryl methyl sites for hydroxylation is 1. The van der Waals surface area contributed by atoms with Crippen molar-refractivity contribution in [1.29, 1.82) is 0 Å². The van der Waals surface area contributed by atoms with Crippen LogP contribution in [0.4, 0.5) is 0 Å². The van der Waals surface area contributed by atoms with Crippen LogP contribution in [0, 0.1) is 11.3 Å². The average Bonchev–Trinajstić information content (AvgIpc) is 2.97. The fourth-order valence-corrected chi connectivity index (χ4v) is 3.76. The first kappa shape index (κ1) is 16.5. The minimum atomic E-state index is -0.476. The Morgan fingerprint density at radius 2 is 2.10 bits per heavy atom. The topological polar surface area (TPSA) is 64.1 Å². The Balaban J connectivity index is 2.05. The number of hydrogen-bond acceptors (Lipinski definition) is 3. The number of nitrogens with zero attached hydrogens (tertiary/aromatic N) is 2. The van der Waals surface area contributed by atoms with Gasteiger partial charge in [0.05, 0.1) is 12.3 Å². The first-order chi connectivity index (χ1) is 10.1. The molecule has 0 spiro atoms. The summed E-state index contributed by atoms with van der Waals surface area (Å²) in [7, 11) is 0. The lowest BCUT2D eigenvalue weighted by Crippen LogP contribution is -2.40. The second-order valence-corrected chi connectivity index (χ2v) is 6.74. The lowest BCUT2D eigenvalue weighted by Gasteiger charge is -2.42. The SMILES string of the molecule is CCCC1CCC(CN)(C(O)c2cnn(CCC)c2)CC1. The molecule has 0 amide bonds. The van der Waals surface area contributed by atoms with Gasteiger partial charge in [-0.15, -0.1) is 0 Å². The Labute approximate surface area is 128 Å². The predicted molar refractivity (Wildman–Crippen MR) is 85.8 cm³/mol. The molecule has 0 aromatic carbocycles. The Morgan fingerprint density at radius 1 is 1.38 bits per heavy atom. The molecule has 21 heavy (non-hydrogen) atoms. The van der Waals surface area contributed by atoms with E-state index in [4.69, 9.17) is 5.73 Å². The van der Waals surface area contributed by atoms with Gasteiger partial charge >= 0.3 is 0 Å². The molecule has 0 saturated heterocycles. The standard InChI is InChI=1S/C17H31N3O/c1-3-5-14-6-8-17(13-18,9-7-14)16(21)15-11-19-20(12-15)10-4-2/h11-12,14,16,21H,3-10,13,18H2,1-2H3. The Kier molecular flexibility index (Phi) is 5.82. The highest BCUT2D eigenvalue weighted by molar-refractivity contribution is 5.13. The van der Waals surface area contributed by atoms with Crippen molar-refractivity contribution in [1.82, 2.24) is 9.78 Å². The molecule has 1 atom stereocenters. The molecule has 1 unspecified atom stereocenters. The summed E-state index contributed by atoms with van der Waals surface area (Å²) < 4.78 is 1.92. The molecule has 0 radical (unpaired) electrons. The summed E-state index contributed by atoms with van der Waals surface area (Å²) in [5.74, 6) is 0.824. The van der Waals surface area contributed by atoms with Crippen molar-refractivity contribution in [2.24, 2.45) is 17.1 Å². The molecule has 4 heteroatoms. The monoisotopic (exact) mass is 293 g/mol. The summed E-state index contributed by atoms with van der Waals surface area (Å²) in [6.45, 7) is 5.85. The van der Waals surface area contributed by atoms with E-state index in [9.17, 15) is 5.11 Å². The van der Waals surface area contributed by atoms with Gasteiger partial charge in [-0.25, -0.2) is 0 Å². The van der Waals surface area contributed by atoms with Crippen LogP contribution >= 0.6 is 0 Å². The lowest BCUT2D eigenvalue weighted by molar-refractivity contribution is -0.0109. The smallest absolute Gasteiger partial charge is 0.0888 e. The zero-order valence-electron chi connectivity index (χ0n) is 13.6. The molecule has 120 valence electrons. The van der Waals surface area contributed by atoms with Gasteiger partial charge in [-0.2, -0.15) is 5.10 Å². The minimum absolute atomic E-state index is 0.148. The Hall–Kier alpha value is -0.870. The van der Waals surface area contributed by atoms with E-state index in [1.807, 2.05) is 17.1 Å². The van der Waals surface area contributed by atoms with Crippen LogP contribution < -0.4 is 5.73 Å². The molecule has 1 aromatic rings. The van der Waals surface area contributed by atoms with Crippen LogP contribution in [0.15, 0.2) is 12.4 Å². The fourth-order valence-electron chi connectivity index (χ4n) is 3.76. The quantitative estimate of drug-likeness (QED) is 0.811. The first-order valence-electron chi connectivity index (χ1n) is 8.55. The normalized spacial score (nSPS) is 27.7. The molecular formula is C17H31N3O. The Bertz CT molecular complexity index is 421. The van der Waals surface area contributed by atoms with E-state index in [2.05, 4.69) is 18.9 Å². The predicted octanol–water partition coefficient (Wildman–Crippen LogP) is 3.26. The second kappa shape index (κ2) is 7.41. The third-order valence-electron chi connectivity index (χ3n) is 5.21. The van der Waals surface area contributed by atoms with Crippen molar-refractivity contribution in [2.45, 2.75) is 71.4 Å². The molecule has 1 saturated carbocycles. The summed E-state index contributed by atoms with van der Waals surface area (Å²) in [5, 5.41) is 15.2. The number of hydrogen-bond donors (Lipinski definition) is 2.